The number of carboxylic acids is 1. The minimum atomic E-state index is -1.07. The Bertz CT molecular complexity index is 465. The molecule has 0 fully saturated rings. The highest BCUT2D eigenvalue weighted by Crippen LogP contribution is 2.11. The van der Waals surface area contributed by atoms with E-state index in [-0.39, 0.29) is 24.8 Å². The van der Waals surface area contributed by atoms with Crippen molar-refractivity contribution in [3.05, 3.63) is 30.1 Å². The fraction of sp³-hybridized carbons (Fsp3) is 0.429. The zero-order valence-electron chi connectivity index (χ0n) is 11.8. The van der Waals surface area contributed by atoms with Crippen LogP contribution in [-0.4, -0.2) is 55.2 Å². The number of amides is 1. The van der Waals surface area contributed by atoms with E-state index in [0.717, 1.165) is 0 Å². The number of carbonyl (C=O) groups is 2. The number of carboxylic acid groups (broad SMARTS) is 1. The van der Waals surface area contributed by atoms with Crippen LogP contribution in [0.2, 0.25) is 0 Å². The number of halogens is 1. The molecule has 0 aliphatic heterocycles. The lowest BCUT2D eigenvalue weighted by molar-refractivity contribution is -0.138. The molecule has 6 nitrogen and oxygen atoms in total. The molecule has 1 amide bonds. The van der Waals surface area contributed by atoms with Gasteiger partial charge in [0, 0.05) is 6.54 Å². The monoisotopic (exact) mass is 298 g/mol. The fourth-order valence-corrected chi connectivity index (χ4v) is 1.61. The maximum Gasteiger partial charge on any atom is 0.322 e. The topological polar surface area (TPSA) is 78.9 Å². The maximum absolute atomic E-state index is 12.7. The summed E-state index contributed by atoms with van der Waals surface area (Å²) in [7, 11) is 1.76. The van der Waals surface area contributed by atoms with Gasteiger partial charge in [0.2, 0.25) is 5.91 Å². The summed E-state index contributed by atoms with van der Waals surface area (Å²) < 4.78 is 18.1. The van der Waals surface area contributed by atoms with Gasteiger partial charge in [-0.25, -0.2) is 4.39 Å². The van der Waals surface area contributed by atoms with Crippen molar-refractivity contribution in [3.8, 4) is 5.75 Å². The third-order valence-electron chi connectivity index (χ3n) is 2.62. The largest absolute Gasteiger partial charge is 0.494 e. The average Bonchev–Trinajstić information content (AvgIpc) is 2.43. The van der Waals surface area contributed by atoms with Gasteiger partial charge in [-0.05, 0) is 37.7 Å². The Labute approximate surface area is 122 Å². The molecule has 7 heteroatoms. The van der Waals surface area contributed by atoms with Crippen molar-refractivity contribution >= 4 is 11.9 Å². The lowest BCUT2D eigenvalue weighted by atomic mass is 10.3. The van der Waals surface area contributed by atoms with E-state index in [9.17, 15) is 14.0 Å². The van der Waals surface area contributed by atoms with Crippen LogP contribution in [0.3, 0.4) is 0 Å². The van der Waals surface area contributed by atoms with Gasteiger partial charge >= 0.3 is 5.97 Å². The first-order chi connectivity index (χ1) is 9.97. The number of ether oxygens (including phenoxy) is 1. The van der Waals surface area contributed by atoms with Crippen molar-refractivity contribution in [1.29, 1.82) is 0 Å². The third kappa shape index (κ3) is 7.88. The highest BCUT2D eigenvalue weighted by Gasteiger charge is 2.07. The molecular formula is C14H19FN2O4. The SMILES string of the molecule is CN(CCCOc1ccc(F)cc1)CC(=O)NCC(=O)O. The Hall–Kier alpha value is -2.15. The molecule has 0 heterocycles. The molecule has 2 N–H and O–H groups in total. The molecule has 0 saturated heterocycles. The molecule has 0 aliphatic carbocycles. The van der Waals surface area contributed by atoms with Crippen molar-refractivity contribution in [2.75, 3.05) is 33.3 Å². The van der Waals surface area contributed by atoms with Crippen LogP contribution in [0.4, 0.5) is 4.39 Å². The minimum absolute atomic E-state index is 0.129. The average molecular weight is 298 g/mol. The molecule has 1 aromatic carbocycles. The first-order valence-electron chi connectivity index (χ1n) is 6.53. The van der Waals surface area contributed by atoms with Gasteiger partial charge in [0.25, 0.3) is 0 Å². The predicted molar refractivity (Wildman–Crippen MR) is 74.7 cm³/mol. The van der Waals surface area contributed by atoms with E-state index in [1.54, 1.807) is 24.1 Å². The first kappa shape index (κ1) is 16.9. The Kier molecular flexibility index (Phi) is 7.17. The normalized spacial score (nSPS) is 10.4. The lowest BCUT2D eigenvalue weighted by Crippen LogP contribution is -2.38. The van der Waals surface area contributed by atoms with E-state index in [1.165, 1.54) is 12.1 Å². The number of benzene rings is 1. The molecule has 0 radical (unpaired) electrons. The van der Waals surface area contributed by atoms with Crippen LogP contribution in [0.1, 0.15) is 6.42 Å². The molecule has 0 unspecified atom stereocenters. The van der Waals surface area contributed by atoms with E-state index in [1.807, 2.05) is 0 Å². The number of nitrogens with zero attached hydrogens (tertiary/aromatic N) is 1. The molecule has 0 bridgehead atoms. The number of aliphatic carboxylic acids is 1. The van der Waals surface area contributed by atoms with Crippen LogP contribution in [0.15, 0.2) is 24.3 Å². The maximum atomic E-state index is 12.7. The van der Waals surface area contributed by atoms with Crippen molar-refractivity contribution < 1.29 is 23.8 Å². The van der Waals surface area contributed by atoms with Crippen molar-refractivity contribution in [2.45, 2.75) is 6.42 Å². The molecule has 0 atom stereocenters. The second-order valence-electron chi connectivity index (χ2n) is 4.56. The van der Waals surface area contributed by atoms with E-state index >= 15 is 0 Å². The number of hydrogen-bond acceptors (Lipinski definition) is 4. The van der Waals surface area contributed by atoms with Gasteiger partial charge in [-0.2, -0.15) is 0 Å². The molecule has 0 aliphatic rings. The second-order valence-corrected chi connectivity index (χ2v) is 4.56. The summed E-state index contributed by atoms with van der Waals surface area (Å²) in [6, 6.07) is 5.76. The smallest absolute Gasteiger partial charge is 0.322 e. The standard InChI is InChI=1S/C14H19FN2O4/c1-17(10-13(18)16-9-14(19)20)7-2-8-21-12-5-3-11(15)4-6-12/h3-6H,2,7-10H2,1H3,(H,16,18)(H,19,20). The summed E-state index contributed by atoms with van der Waals surface area (Å²) in [6.45, 7) is 0.832. The van der Waals surface area contributed by atoms with Crippen LogP contribution in [0.5, 0.6) is 5.75 Å². The van der Waals surface area contributed by atoms with Crippen LogP contribution in [-0.2, 0) is 9.59 Å². The van der Waals surface area contributed by atoms with E-state index in [0.29, 0.717) is 25.3 Å². The van der Waals surface area contributed by atoms with Gasteiger partial charge < -0.3 is 15.2 Å². The number of likely N-dealkylation sites (N-methyl/N-ethyl adjacent to an activating group) is 1. The van der Waals surface area contributed by atoms with Crippen LogP contribution >= 0.6 is 0 Å². The molecule has 0 saturated carbocycles. The number of carbonyl (C=O) groups excluding carboxylic acids is 1. The van der Waals surface area contributed by atoms with Gasteiger partial charge in [-0.3, -0.25) is 14.5 Å². The zero-order chi connectivity index (χ0) is 15.7. The van der Waals surface area contributed by atoms with E-state index in [2.05, 4.69) is 5.32 Å². The van der Waals surface area contributed by atoms with Gasteiger partial charge in [-0.15, -0.1) is 0 Å². The summed E-state index contributed by atoms with van der Waals surface area (Å²) in [5.41, 5.74) is 0. The number of nitrogens with one attached hydrogen (secondary N) is 1. The Morgan fingerprint density at radius 2 is 2.00 bits per heavy atom. The van der Waals surface area contributed by atoms with Gasteiger partial charge in [-0.1, -0.05) is 0 Å². The number of rotatable bonds is 9. The summed E-state index contributed by atoms with van der Waals surface area (Å²) in [6.07, 6.45) is 0.695. The highest BCUT2D eigenvalue weighted by molar-refractivity contribution is 5.82. The molecule has 0 spiro atoms. The third-order valence-corrected chi connectivity index (χ3v) is 2.62. The summed E-state index contributed by atoms with van der Waals surface area (Å²) in [5.74, 6) is -1.12. The summed E-state index contributed by atoms with van der Waals surface area (Å²) in [4.78, 5) is 23.4. The first-order valence-corrected chi connectivity index (χ1v) is 6.53. The van der Waals surface area contributed by atoms with Crippen molar-refractivity contribution in [1.82, 2.24) is 10.2 Å². The second kappa shape index (κ2) is 8.91. The Morgan fingerprint density at radius 3 is 2.62 bits per heavy atom. The molecule has 0 aromatic heterocycles. The predicted octanol–water partition coefficient (Wildman–Crippen LogP) is 0.727. The molecule has 1 aromatic rings. The van der Waals surface area contributed by atoms with Gasteiger partial charge in [0.1, 0.15) is 18.1 Å². The Balaban J connectivity index is 2.12. The van der Waals surface area contributed by atoms with Crippen LogP contribution in [0.25, 0.3) is 0 Å². The molecule has 21 heavy (non-hydrogen) atoms. The van der Waals surface area contributed by atoms with Crippen LogP contribution in [0, 0.1) is 5.82 Å². The molecular weight excluding hydrogens is 279 g/mol. The summed E-state index contributed by atoms with van der Waals surface area (Å²) >= 11 is 0. The molecule has 1 rings (SSSR count). The van der Waals surface area contributed by atoms with E-state index in [4.69, 9.17) is 9.84 Å². The zero-order valence-corrected chi connectivity index (χ0v) is 11.8. The quantitative estimate of drug-likeness (QED) is 0.657. The van der Waals surface area contributed by atoms with Crippen LogP contribution < -0.4 is 10.1 Å². The highest BCUT2D eigenvalue weighted by atomic mass is 19.1. The summed E-state index contributed by atoms with van der Waals surface area (Å²) in [5, 5.41) is 10.7. The lowest BCUT2D eigenvalue weighted by Gasteiger charge is -2.16. The van der Waals surface area contributed by atoms with Crippen molar-refractivity contribution in [3.63, 3.8) is 0 Å². The van der Waals surface area contributed by atoms with Gasteiger partial charge in [0.05, 0.1) is 13.2 Å². The van der Waals surface area contributed by atoms with Crippen molar-refractivity contribution in [2.24, 2.45) is 0 Å². The molecule has 116 valence electrons. The fourth-order valence-electron chi connectivity index (χ4n) is 1.61. The minimum Gasteiger partial charge on any atom is -0.494 e. The Morgan fingerprint density at radius 1 is 1.33 bits per heavy atom. The van der Waals surface area contributed by atoms with Gasteiger partial charge in [0.15, 0.2) is 0 Å². The number of hydrogen-bond donors (Lipinski definition) is 2. The van der Waals surface area contributed by atoms with E-state index < -0.39 is 5.97 Å².